The predicted octanol–water partition coefficient (Wildman–Crippen LogP) is 2.60. The molecule has 1 aromatic heterocycles. The fourth-order valence-electron chi connectivity index (χ4n) is 1.64. The molecule has 0 saturated carbocycles. The van der Waals surface area contributed by atoms with Crippen molar-refractivity contribution in [3.8, 4) is 6.07 Å². The molecule has 92 valence electrons. The van der Waals surface area contributed by atoms with Crippen LogP contribution in [0.15, 0.2) is 28.8 Å². The highest BCUT2D eigenvalue weighted by atomic mass is 19.1. The second kappa shape index (κ2) is 4.57. The maximum absolute atomic E-state index is 12.9. The van der Waals surface area contributed by atoms with E-state index in [1.165, 1.54) is 12.1 Å². The van der Waals surface area contributed by atoms with Crippen molar-refractivity contribution in [2.45, 2.75) is 25.7 Å². The summed E-state index contributed by atoms with van der Waals surface area (Å²) in [6, 6.07) is 8.12. The molecular formula is C13H12FN3O. The largest absolute Gasteiger partial charge is 0.338 e. The summed E-state index contributed by atoms with van der Waals surface area (Å²) >= 11 is 0. The first-order valence-electron chi connectivity index (χ1n) is 5.50. The Hall–Kier alpha value is -2.22. The van der Waals surface area contributed by atoms with Gasteiger partial charge in [0.1, 0.15) is 12.2 Å². The Morgan fingerprint density at radius 2 is 2.00 bits per heavy atom. The van der Waals surface area contributed by atoms with Crippen LogP contribution in [-0.2, 0) is 11.8 Å². The molecule has 0 fully saturated rings. The van der Waals surface area contributed by atoms with Crippen LogP contribution >= 0.6 is 0 Å². The van der Waals surface area contributed by atoms with Crippen molar-refractivity contribution in [3.63, 3.8) is 0 Å². The van der Waals surface area contributed by atoms with Gasteiger partial charge < -0.3 is 4.52 Å². The molecule has 0 radical (unpaired) electrons. The summed E-state index contributed by atoms with van der Waals surface area (Å²) in [6.45, 7) is 3.84. The SMILES string of the molecule is CC(C)(c1ccc(F)cc1)c1noc(CC#N)n1. The quantitative estimate of drug-likeness (QED) is 0.833. The van der Waals surface area contributed by atoms with Crippen LogP contribution in [-0.4, -0.2) is 10.1 Å². The summed E-state index contributed by atoms with van der Waals surface area (Å²) < 4.78 is 17.9. The molecule has 2 aromatic rings. The Balaban J connectivity index is 2.34. The Morgan fingerprint density at radius 1 is 1.33 bits per heavy atom. The van der Waals surface area contributed by atoms with E-state index in [1.807, 2.05) is 19.9 Å². The van der Waals surface area contributed by atoms with E-state index in [-0.39, 0.29) is 12.2 Å². The van der Waals surface area contributed by atoms with Gasteiger partial charge in [-0.15, -0.1) is 0 Å². The van der Waals surface area contributed by atoms with Crippen molar-refractivity contribution in [3.05, 3.63) is 47.4 Å². The van der Waals surface area contributed by atoms with Gasteiger partial charge in [-0.05, 0) is 31.5 Å². The van der Waals surface area contributed by atoms with Gasteiger partial charge in [0.2, 0.25) is 5.89 Å². The number of hydrogen-bond donors (Lipinski definition) is 0. The number of nitrogens with zero attached hydrogens (tertiary/aromatic N) is 3. The van der Waals surface area contributed by atoms with Crippen LogP contribution in [0.2, 0.25) is 0 Å². The third-order valence-electron chi connectivity index (χ3n) is 2.82. The molecule has 0 bridgehead atoms. The van der Waals surface area contributed by atoms with Crippen molar-refractivity contribution in [2.75, 3.05) is 0 Å². The zero-order chi connectivity index (χ0) is 13.2. The molecule has 0 saturated heterocycles. The third kappa shape index (κ3) is 2.23. The van der Waals surface area contributed by atoms with Gasteiger partial charge in [-0.25, -0.2) is 4.39 Å². The van der Waals surface area contributed by atoms with E-state index in [0.717, 1.165) is 5.56 Å². The molecule has 0 unspecified atom stereocenters. The van der Waals surface area contributed by atoms with E-state index in [1.54, 1.807) is 12.1 Å². The number of hydrogen-bond acceptors (Lipinski definition) is 4. The van der Waals surface area contributed by atoms with Gasteiger partial charge in [0, 0.05) is 0 Å². The first-order chi connectivity index (χ1) is 8.54. The molecule has 4 nitrogen and oxygen atoms in total. The maximum atomic E-state index is 12.9. The monoisotopic (exact) mass is 245 g/mol. The molecule has 1 heterocycles. The molecule has 0 aliphatic rings. The number of rotatable bonds is 3. The summed E-state index contributed by atoms with van der Waals surface area (Å²) in [5.41, 5.74) is 0.387. The van der Waals surface area contributed by atoms with E-state index >= 15 is 0 Å². The van der Waals surface area contributed by atoms with Crippen molar-refractivity contribution in [1.29, 1.82) is 5.26 Å². The second-order valence-electron chi connectivity index (χ2n) is 4.48. The normalized spacial score (nSPS) is 11.2. The highest BCUT2D eigenvalue weighted by Crippen LogP contribution is 2.29. The summed E-state index contributed by atoms with van der Waals surface area (Å²) in [5.74, 6) is 0.495. The van der Waals surface area contributed by atoms with E-state index in [9.17, 15) is 4.39 Å². The van der Waals surface area contributed by atoms with Gasteiger partial charge >= 0.3 is 0 Å². The van der Waals surface area contributed by atoms with Crippen molar-refractivity contribution >= 4 is 0 Å². The Bertz CT molecular complexity index is 581. The van der Waals surface area contributed by atoms with E-state index in [4.69, 9.17) is 9.78 Å². The zero-order valence-electron chi connectivity index (χ0n) is 10.1. The number of benzene rings is 1. The van der Waals surface area contributed by atoms with Crippen LogP contribution in [0.25, 0.3) is 0 Å². The topological polar surface area (TPSA) is 62.7 Å². The Morgan fingerprint density at radius 3 is 2.61 bits per heavy atom. The van der Waals surface area contributed by atoms with Crippen LogP contribution in [0.4, 0.5) is 4.39 Å². The first-order valence-corrected chi connectivity index (χ1v) is 5.50. The molecule has 0 aliphatic carbocycles. The van der Waals surface area contributed by atoms with Gasteiger partial charge in [0.05, 0.1) is 11.5 Å². The van der Waals surface area contributed by atoms with Crippen LogP contribution in [0, 0.1) is 17.1 Å². The van der Waals surface area contributed by atoms with Crippen LogP contribution in [0.1, 0.15) is 31.1 Å². The lowest BCUT2D eigenvalue weighted by Gasteiger charge is -2.20. The van der Waals surface area contributed by atoms with Gasteiger partial charge in [0.25, 0.3) is 0 Å². The molecule has 18 heavy (non-hydrogen) atoms. The lowest BCUT2D eigenvalue weighted by Crippen LogP contribution is -2.20. The molecule has 1 aromatic carbocycles. The summed E-state index contributed by atoms with van der Waals surface area (Å²) in [4.78, 5) is 4.18. The number of halogens is 1. The Labute approximate surface area is 104 Å². The molecular weight excluding hydrogens is 233 g/mol. The minimum Gasteiger partial charge on any atom is -0.338 e. The van der Waals surface area contributed by atoms with E-state index < -0.39 is 5.41 Å². The average Bonchev–Trinajstić information content (AvgIpc) is 2.79. The third-order valence-corrected chi connectivity index (χ3v) is 2.82. The lowest BCUT2D eigenvalue weighted by atomic mass is 9.84. The van der Waals surface area contributed by atoms with Crippen molar-refractivity contribution in [1.82, 2.24) is 10.1 Å². The van der Waals surface area contributed by atoms with Gasteiger partial charge in [-0.2, -0.15) is 10.2 Å². The predicted molar refractivity (Wildman–Crippen MR) is 62.1 cm³/mol. The smallest absolute Gasteiger partial charge is 0.240 e. The summed E-state index contributed by atoms with van der Waals surface area (Å²) in [7, 11) is 0. The number of aromatic nitrogens is 2. The fraction of sp³-hybridized carbons (Fsp3) is 0.308. The summed E-state index contributed by atoms with van der Waals surface area (Å²) in [6.07, 6.45) is 0.0898. The van der Waals surface area contributed by atoms with E-state index in [0.29, 0.717) is 11.7 Å². The zero-order valence-corrected chi connectivity index (χ0v) is 10.1. The van der Waals surface area contributed by atoms with Crippen LogP contribution < -0.4 is 0 Å². The van der Waals surface area contributed by atoms with Crippen LogP contribution in [0.5, 0.6) is 0 Å². The average molecular weight is 245 g/mol. The molecule has 0 amide bonds. The van der Waals surface area contributed by atoms with Crippen molar-refractivity contribution < 1.29 is 8.91 Å². The first kappa shape index (κ1) is 12.2. The molecule has 0 aliphatic heterocycles. The molecule has 0 atom stereocenters. The highest BCUT2D eigenvalue weighted by molar-refractivity contribution is 5.30. The standard InChI is InChI=1S/C13H12FN3O/c1-13(2,9-3-5-10(14)6-4-9)12-16-11(7-8-15)18-17-12/h3-6H,7H2,1-2H3. The highest BCUT2D eigenvalue weighted by Gasteiger charge is 2.28. The maximum Gasteiger partial charge on any atom is 0.240 e. The van der Waals surface area contributed by atoms with E-state index in [2.05, 4.69) is 10.1 Å². The van der Waals surface area contributed by atoms with Crippen LogP contribution in [0.3, 0.4) is 0 Å². The van der Waals surface area contributed by atoms with Gasteiger partial charge in [0.15, 0.2) is 5.82 Å². The number of nitriles is 1. The van der Waals surface area contributed by atoms with Gasteiger partial charge in [-0.1, -0.05) is 17.3 Å². The Kier molecular flexibility index (Phi) is 3.11. The minimum absolute atomic E-state index is 0.0898. The molecule has 5 heteroatoms. The lowest BCUT2D eigenvalue weighted by molar-refractivity contribution is 0.373. The fourth-order valence-corrected chi connectivity index (χ4v) is 1.64. The van der Waals surface area contributed by atoms with Gasteiger partial charge in [-0.3, -0.25) is 0 Å². The molecule has 2 rings (SSSR count). The summed E-state index contributed by atoms with van der Waals surface area (Å²) in [5, 5.41) is 12.4. The van der Waals surface area contributed by atoms with Crippen molar-refractivity contribution in [2.24, 2.45) is 0 Å². The minimum atomic E-state index is -0.495. The molecule has 0 N–H and O–H groups in total. The second-order valence-corrected chi connectivity index (χ2v) is 4.48. The molecule has 0 spiro atoms.